The van der Waals surface area contributed by atoms with Gasteiger partial charge in [0.25, 0.3) is 0 Å². The van der Waals surface area contributed by atoms with Crippen molar-refractivity contribution in [1.29, 1.82) is 0 Å². The SMILES string of the molecule is COC(=O)OC(=O)OC.[I][V][I]. The molecule has 0 saturated carbocycles. The van der Waals surface area contributed by atoms with Crippen molar-refractivity contribution in [3.05, 3.63) is 0 Å². The summed E-state index contributed by atoms with van der Waals surface area (Å²) in [4.78, 5) is 20.1. The number of carbonyl (C=O) groups is 2. The quantitative estimate of drug-likeness (QED) is 0.330. The molecule has 0 N–H and O–H groups in total. The summed E-state index contributed by atoms with van der Waals surface area (Å²) in [7, 11) is 2.80. The molecule has 0 aliphatic heterocycles. The molecule has 0 aromatic carbocycles. The molecule has 0 bridgehead atoms. The van der Waals surface area contributed by atoms with Crippen LogP contribution in [0.15, 0.2) is 0 Å². The van der Waals surface area contributed by atoms with Gasteiger partial charge >= 0.3 is 61.7 Å². The van der Waals surface area contributed by atoms with Gasteiger partial charge in [0.05, 0.1) is 14.2 Å². The van der Waals surface area contributed by atoms with Gasteiger partial charge in [-0.15, -0.1) is 0 Å². The fourth-order valence-corrected chi connectivity index (χ4v) is 0.151. The van der Waals surface area contributed by atoms with E-state index in [9.17, 15) is 9.59 Å². The van der Waals surface area contributed by atoms with Crippen LogP contribution in [0.4, 0.5) is 9.59 Å². The molecule has 5 nitrogen and oxygen atoms in total. The fraction of sp³-hybridized carbons (Fsp3) is 0.500. The fourth-order valence-electron chi connectivity index (χ4n) is 0.151. The van der Waals surface area contributed by atoms with Gasteiger partial charge in [0.1, 0.15) is 0 Å². The first-order valence-electron chi connectivity index (χ1n) is 2.38. The van der Waals surface area contributed by atoms with Gasteiger partial charge in [-0.1, -0.05) is 0 Å². The average Bonchev–Trinajstić information content (AvgIpc) is 2.05. The van der Waals surface area contributed by atoms with Crippen LogP contribution >= 0.6 is 40.0 Å². The van der Waals surface area contributed by atoms with E-state index < -0.39 is 12.3 Å². The zero-order valence-corrected chi connectivity index (χ0v) is 12.0. The second-order valence-electron chi connectivity index (χ2n) is 1.07. The van der Waals surface area contributed by atoms with Crippen molar-refractivity contribution in [2.45, 2.75) is 0 Å². The Bertz CT molecular complexity index is 127. The van der Waals surface area contributed by atoms with E-state index in [2.05, 4.69) is 54.2 Å². The first-order valence-corrected chi connectivity index (χ1v) is 11.4. The summed E-state index contributed by atoms with van der Waals surface area (Å²) in [5, 5.41) is 0. The van der Waals surface area contributed by atoms with E-state index in [0.29, 0.717) is 9.47 Å². The van der Waals surface area contributed by atoms with Gasteiger partial charge in [0.15, 0.2) is 0 Å². The molecule has 0 rings (SSSR count). The molecule has 0 heterocycles. The summed E-state index contributed by atoms with van der Waals surface area (Å²) >= 11 is 4.74. The average molecular weight is 439 g/mol. The second-order valence-corrected chi connectivity index (χ2v) is 12.9. The van der Waals surface area contributed by atoms with Crippen LogP contribution in [0.1, 0.15) is 0 Å². The molecular weight excluding hydrogens is 433 g/mol. The molecule has 0 radical (unpaired) electrons. The van der Waals surface area contributed by atoms with Gasteiger partial charge in [-0.2, -0.15) is 0 Å². The minimum absolute atomic E-state index is 0.628. The standard InChI is InChI=1S/C4H6O5.2HI.V/c1-7-3(5)9-4(6)8-2;;;/h1-2H3;2*1H;/q;;;+2/p-2. The third-order valence-corrected chi connectivity index (χ3v) is 0.500. The van der Waals surface area contributed by atoms with E-state index in [4.69, 9.17) is 0 Å². The normalized spacial score (nSPS) is 7.00. The van der Waals surface area contributed by atoms with Crippen LogP contribution in [0.2, 0.25) is 0 Å². The number of hydrogen-bond acceptors (Lipinski definition) is 5. The third-order valence-electron chi connectivity index (χ3n) is 0.500. The Hall–Kier alpha value is 0.784. The van der Waals surface area contributed by atoms with Gasteiger partial charge in [-0.25, -0.2) is 9.59 Å². The van der Waals surface area contributed by atoms with Crippen molar-refractivity contribution in [1.82, 2.24) is 0 Å². The minimum atomic E-state index is -1.08. The van der Waals surface area contributed by atoms with Gasteiger partial charge in [-0.3, -0.25) is 0 Å². The summed E-state index contributed by atoms with van der Waals surface area (Å²) in [6.45, 7) is 0. The Morgan fingerprint density at radius 2 is 1.33 bits per heavy atom. The topological polar surface area (TPSA) is 61.8 Å². The molecule has 8 heteroatoms. The summed E-state index contributed by atoms with van der Waals surface area (Å²) in [5.74, 6) is 0. The summed E-state index contributed by atoms with van der Waals surface area (Å²) < 4.78 is 11.7. The van der Waals surface area contributed by atoms with Gasteiger partial charge in [0.2, 0.25) is 0 Å². The van der Waals surface area contributed by atoms with Crippen LogP contribution in [0.25, 0.3) is 0 Å². The van der Waals surface area contributed by atoms with Crippen LogP contribution < -0.4 is 0 Å². The van der Waals surface area contributed by atoms with Crippen molar-refractivity contribution in [2.24, 2.45) is 0 Å². The summed E-state index contributed by atoms with van der Waals surface area (Å²) in [6.07, 6.45) is -2.16. The Kier molecular flexibility index (Phi) is 15.0. The maximum absolute atomic E-state index is 10.0. The van der Waals surface area contributed by atoms with Crippen molar-refractivity contribution in [2.75, 3.05) is 14.2 Å². The number of rotatable bonds is 0. The monoisotopic (exact) mass is 439 g/mol. The van der Waals surface area contributed by atoms with E-state index in [0.717, 1.165) is 14.2 Å². The van der Waals surface area contributed by atoms with E-state index in [1.807, 2.05) is 0 Å². The molecule has 0 fully saturated rings. The molecule has 0 aromatic heterocycles. The Morgan fingerprint density at radius 3 is 1.50 bits per heavy atom. The van der Waals surface area contributed by atoms with Gasteiger partial charge in [-0.05, 0) is 0 Å². The van der Waals surface area contributed by atoms with Crippen LogP contribution in [0, 0.1) is 0 Å². The van der Waals surface area contributed by atoms with Crippen molar-refractivity contribution < 1.29 is 33.3 Å². The zero-order valence-electron chi connectivity index (χ0n) is 6.24. The number of carbonyl (C=O) groups excluding carboxylic acids is 2. The Morgan fingerprint density at radius 1 is 1.08 bits per heavy atom. The van der Waals surface area contributed by atoms with Crippen LogP contribution in [-0.2, 0) is 23.7 Å². The van der Waals surface area contributed by atoms with Crippen LogP contribution in [0.5, 0.6) is 0 Å². The van der Waals surface area contributed by atoms with Gasteiger partial charge < -0.3 is 14.2 Å². The predicted molar refractivity (Wildman–Crippen MR) is 53.9 cm³/mol. The predicted octanol–water partition coefficient (Wildman–Crippen LogP) is 2.30. The van der Waals surface area contributed by atoms with Crippen molar-refractivity contribution in [3.63, 3.8) is 0 Å². The number of methoxy groups -OCH3 is 2. The third kappa shape index (κ3) is 13.4. The molecule has 71 valence electrons. The maximum atomic E-state index is 10.0. The molecule has 0 saturated heterocycles. The molecule has 0 amide bonds. The van der Waals surface area contributed by atoms with Crippen molar-refractivity contribution >= 4 is 52.3 Å². The Balaban J connectivity index is 0. The number of hydrogen-bond donors (Lipinski definition) is 0. The number of ether oxygens (including phenoxy) is 3. The number of halogens is 2. The molecule has 12 heavy (non-hydrogen) atoms. The van der Waals surface area contributed by atoms with E-state index >= 15 is 0 Å². The van der Waals surface area contributed by atoms with Crippen molar-refractivity contribution in [3.8, 4) is 0 Å². The summed E-state index contributed by atoms with van der Waals surface area (Å²) in [5.41, 5.74) is 0. The molecule has 0 aliphatic carbocycles. The first-order chi connectivity index (χ1) is 5.62. The summed E-state index contributed by atoms with van der Waals surface area (Å²) in [6, 6.07) is 0. The zero-order chi connectivity index (χ0) is 9.98. The van der Waals surface area contributed by atoms with E-state index in [1.54, 1.807) is 0 Å². The second kappa shape index (κ2) is 11.8. The molecule has 0 aromatic rings. The van der Waals surface area contributed by atoms with Gasteiger partial charge in [0, 0.05) is 0 Å². The van der Waals surface area contributed by atoms with Crippen LogP contribution in [-0.4, -0.2) is 26.5 Å². The first kappa shape index (κ1) is 15.3. The molecule has 0 aliphatic rings. The van der Waals surface area contributed by atoms with Crippen LogP contribution in [0.3, 0.4) is 0 Å². The molecule has 0 atom stereocenters. The molecular formula is C4H6I2O5V. The van der Waals surface area contributed by atoms with E-state index in [-0.39, 0.29) is 0 Å². The van der Waals surface area contributed by atoms with E-state index in [1.165, 1.54) is 0 Å². The Labute approximate surface area is 98.7 Å². The molecule has 0 spiro atoms. The molecule has 0 unspecified atom stereocenters.